The first-order valence-corrected chi connectivity index (χ1v) is 17.7. The predicted octanol–water partition coefficient (Wildman–Crippen LogP) is 5.73. The third-order valence-corrected chi connectivity index (χ3v) is 11.0. The lowest BCUT2D eigenvalue weighted by Crippen LogP contribution is -2.36. The molecular formula is C33H42F3N5O3S. The Hall–Kier alpha value is -2.83. The Morgan fingerprint density at radius 3 is 2.49 bits per heavy atom. The molecular weight excluding hydrogens is 603 g/mol. The molecule has 244 valence electrons. The number of pyridine rings is 1. The van der Waals surface area contributed by atoms with E-state index in [4.69, 9.17) is 4.74 Å². The van der Waals surface area contributed by atoms with Gasteiger partial charge in [-0.3, -0.25) is 13.6 Å². The molecule has 0 aliphatic carbocycles. The maximum atomic E-state index is 15.9. The number of hydrogen-bond acceptors (Lipinski definition) is 7. The topological polar surface area (TPSA) is 89.3 Å². The molecule has 6 heterocycles. The molecule has 3 aromatic rings. The van der Waals surface area contributed by atoms with Gasteiger partial charge in [0.25, 0.3) is 11.5 Å². The van der Waals surface area contributed by atoms with E-state index < -0.39 is 34.1 Å². The molecule has 1 atom stereocenters. The number of nitrogens with one attached hydrogen (secondary N) is 1. The number of halogens is 3. The van der Waals surface area contributed by atoms with E-state index in [1.807, 2.05) is 6.07 Å². The summed E-state index contributed by atoms with van der Waals surface area (Å²) >= 11 is 0. The van der Waals surface area contributed by atoms with Gasteiger partial charge in [0.1, 0.15) is 23.6 Å². The van der Waals surface area contributed by atoms with E-state index in [0.717, 1.165) is 26.1 Å². The van der Waals surface area contributed by atoms with Crippen molar-refractivity contribution in [2.75, 3.05) is 49.7 Å². The number of aryl methyl sites for hydroxylation is 1. The predicted molar refractivity (Wildman–Crippen MR) is 170 cm³/mol. The number of piperidine rings is 1. The number of aromatic nitrogens is 3. The van der Waals surface area contributed by atoms with Crippen LogP contribution in [-0.2, 0) is 28.0 Å². The summed E-state index contributed by atoms with van der Waals surface area (Å²) < 4.78 is 66.8. The molecule has 2 saturated heterocycles. The van der Waals surface area contributed by atoms with Gasteiger partial charge in [-0.2, -0.15) is 0 Å². The SMILES string of the molecule is C[C@H]1Nc2ncnc3c2cc(C2CCS(=O)CC2)c(=O)n3CCCOCCCN2CCC(CC2)CC(F)(F)c2cccc1c2F. The van der Waals surface area contributed by atoms with Crippen LogP contribution >= 0.6 is 0 Å². The fourth-order valence-electron chi connectivity index (χ4n) is 7.08. The van der Waals surface area contributed by atoms with Crippen LogP contribution < -0.4 is 10.9 Å². The molecule has 1 aromatic carbocycles. The van der Waals surface area contributed by atoms with E-state index in [1.165, 1.54) is 24.5 Å². The lowest BCUT2D eigenvalue weighted by atomic mass is 9.87. The number of ether oxygens (including phenoxy) is 1. The number of rotatable bonds is 1. The Bertz CT molecular complexity index is 1580. The van der Waals surface area contributed by atoms with Gasteiger partial charge < -0.3 is 15.0 Å². The van der Waals surface area contributed by atoms with Crippen LogP contribution in [0.25, 0.3) is 11.0 Å². The van der Waals surface area contributed by atoms with Crippen molar-refractivity contribution in [3.05, 3.63) is 63.5 Å². The van der Waals surface area contributed by atoms with E-state index in [9.17, 15) is 9.00 Å². The van der Waals surface area contributed by atoms with Crippen molar-refractivity contribution in [2.24, 2.45) is 5.92 Å². The van der Waals surface area contributed by atoms with Gasteiger partial charge in [0.15, 0.2) is 0 Å². The smallest absolute Gasteiger partial charge is 0.276 e. The minimum atomic E-state index is -3.30. The molecule has 7 rings (SSSR count). The molecule has 0 radical (unpaired) electrons. The summed E-state index contributed by atoms with van der Waals surface area (Å²) in [4.78, 5) is 25.1. The molecule has 45 heavy (non-hydrogen) atoms. The zero-order chi connectivity index (χ0) is 31.6. The Morgan fingerprint density at radius 2 is 1.73 bits per heavy atom. The summed E-state index contributed by atoms with van der Waals surface area (Å²) in [6.07, 6.45) is 5.05. The summed E-state index contributed by atoms with van der Waals surface area (Å²) in [5.41, 5.74) is 0.485. The van der Waals surface area contributed by atoms with Gasteiger partial charge in [-0.1, -0.05) is 18.2 Å². The summed E-state index contributed by atoms with van der Waals surface area (Å²) in [5.74, 6) is -2.95. The molecule has 0 unspecified atom stereocenters. The van der Waals surface area contributed by atoms with E-state index >= 15 is 13.2 Å². The van der Waals surface area contributed by atoms with E-state index in [-0.39, 0.29) is 29.4 Å². The maximum Gasteiger partial charge on any atom is 0.276 e. The average molecular weight is 646 g/mol. The molecule has 4 aliphatic rings. The van der Waals surface area contributed by atoms with Crippen LogP contribution in [-0.4, -0.2) is 68.0 Å². The number of anilines is 1. The Morgan fingerprint density at radius 1 is 1.00 bits per heavy atom. The molecule has 8 nitrogen and oxygen atoms in total. The van der Waals surface area contributed by atoms with Crippen molar-refractivity contribution in [1.82, 2.24) is 19.4 Å². The van der Waals surface area contributed by atoms with Gasteiger partial charge in [-0.25, -0.2) is 23.1 Å². The minimum Gasteiger partial charge on any atom is -0.381 e. The number of hydrogen-bond donors (Lipinski definition) is 1. The fourth-order valence-corrected chi connectivity index (χ4v) is 8.38. The largest absolute Gasteiger partial charge is 0.381 e. The molecule has 0 amide bonds. The molecule has 4 aliphatic heterocycles. The normalized spacial score (nSPS) is 28.2. The van der Waals surface area contributed by atoms with Crippen molar-refractivity contribution >= 4 is 27.7 Å². The van der Waals surface area contributed by atoms with Gasteiger partial charge in [0.2, 0.25) is 0 Å². The number of nitrogens with zero attached hydrogens (tertiary/aromatic N) is 4. The number of fused-ring (bicyclic) bond motifs is 10. The highest BCUT2D eigenvalue weighted by atomic mass is 32.2. The van der Waals surface area contributed by atoms with Gasteiger partial charge in [0.05, 0.1) is 17.0 Å². The highest BCUT2D eigenvalue weighted by Crippen LogP contribution is 2.41. The lowest BCUT2D eigenvalue weighted by Gasteiger charge is -2.34. The highest BCUT2D eigenvalue weighted by molar-refractivity contribution is 7.85. The Labute approximate surface area is 264 Å². The minimum absolute atomic E-state index is 0.0483. The van der Waals surface area contributed by atoms with Crippen LogP contribution in [0.3, 0.4) is 0 Å². The first kappa shape index (κ1) is 32.1. The Balaban J connectivity index is 1.39. The van der Waals surface area contributed by atoms with E-state index in [0.29, 0.717) is 85.8 Å². The van der Waals surface area contributed by atoms with Gasteiger partial charge in [-0.05, 0) is 76.4 Å². The average Bonchev–Trinajstić information content (AvgIpc) is 3.02. The third kappa shape index (κ3) is 7.12. The molecule has 0 saturated carbocycles. The van der Waals surface area contributed by atoms with Crippen molar-refractivity contribution in [3.8, 4) is 0 Å². The van der Waals surface area contributed by atoms with Gasteiger partial charge in [-0.15, -0.1) is 0 Å². The molecule has 0 spiro atoms. The van der Waals surface area contributed by atoms with Crippen LogP contribution in [0.5, 0.6) is 0 Å². The van der Waals surface area contributed by atoms with Crippen LogP contribution in [0.4, 0.5) is 19.0 Å². The van der Waals surface area contributed by atoms with Crippen LogP contribution in [0.15, 0.2) is 35.4 Å². The van der Waals surface area contributed by atoms with Crippen molar-refractivity contribution < 1.29 is 22.1 Å². The molecule has 2 aromatic heterocycles. The quantitative estimate of drug-likeness (QED) is 0.362. The number of benzene rings is 1. The van der Waals surface area contributed by atoms with Crippen molar-refractivity contribution in [1.29, 1.82) is 0 Å². The van der Waals surface area contributed by atoms with Crippen molar-refractivity contribution in [3.63, 3.8) is 0 Å². The zero-order valence-electron chi connectivity index (χ0n) is 25.8. The van der Waals surface area contributed by atoms with E-state index in [1.54, 1.807) is 11.5 Å². The lowest BCUT2D eigenvalue weighted by molar-refractivity contribution is -0.0403. The van der Waals surface area contributed by atoms with Gasteiger partial charge in [0, 0.05) is 66.2 Å². The summed E-state index contributed by atoms with van der Waals surface area (Å²) in [7, 11) is -0.881. The monoisotopic (exact) mass is 645 g/mol. The molecule has 12 heteroatoms. The zero-order valence-corrected chi connectivity index (χ0v) is 26.6. The van der Waals surface area contributed by atoms with Crippen LogP contribution in [0.1, 0.15) is 80.5 Å². The fraction of sp³-hybridized carbons (Fsp3) is 0.606. The first-order chi connectivity index (χ1) is 21.7. The molecule has 1 N–H and O–H groups in total. The maximum absolute atomic E-state index is 15.9. The van der Waals surface area contributed by atoms with Crippen LogP contribution in [0.2, 0.25) is 0 Å². The summed E-state index contributed by atoms with van der Waals surface area (Å²) in [6, 6.07) is 5.32. The first-order valence-electron chi connectivity index (χ1n) is 16.2. The number of alkyl halides is 2. The molecule has 8 bridgehead atoms. The Kier molecular flexibility index (Phi) is 9.91. The van der Waals surface area contributed by atoms with Crippen molar-refractivity contribution in [2.45, 2.75) is 76.3 Å². The second kappa shape index (κ2) is 13.9. The second-order valence-corrected chi connectivity index (χ2v) is 14.4. The second-order valence-electron chi connectivity index (χ2n) is 12.7. The summed E-state index contributed by atoms with van der Waals surface area (Å²) in [6.45, 7) is 5.50. The summed E-state index contributed by atoms with van der Waals surface area (Å²) in [5, 5.41) is 3.84. The van der Waals surface area contributed by atoms with E-state index in [2.05, 4.69) is 20.2 Å². The van der Waals surface area contributed by atoms with Gasteiger partial charge >= 0.3 is 0 Å². The van der Waals surface area contributed by atoms with Crippen LogP contribution in [0, 0.1) is 11.7 Å². The standard InChI is InChI=1S/C33H42F3N5O3S/c1-22-25-5-2-6-28(29(25)34)33(35,36)20-23-7-13-40(14-8-23)11-3-15-44-16-4-12-41-31-27(30(39-22)37-21-38-31)19-26(32(41)42)24-9-17-45(43)18-10-24/h2,5-6,19,21-24H,3-4,7-18,20H2,1H3,(H,37,38,39)/t22-,24?,45?/m1/s1. The molecule has 2 fully saturated rings. The highest BCUT2D eigenvalue weighted by Gasteiger charge is 2.39. The third-order valence-electron chi connectivity index (χ3n) is 9.67.